The van der Waals surface area contributed by atoms with Gasteiger partial charge in [0.25, 0.3) is 0 Å². The van der Waals surface area contributed by atoms with Crippen LogP contribution in [-0.2, 0) is 0 Å². The van der Waals surface area contributed by atoms with Crippen LogP contribution in [0, 0.1) is 20.8 Å². The second-order valence-electron chi connectivity index (χ2n) is 4.92. The molecular formula is C17H19NO. The molecule has 2 rings (SSSR count). The van der Waals surface area contributed by atoms with Gasteiger partial charge in [0, 0.05) is 11.3 Å². The molecule has 0 atom stereocenters. The normalized spacial score (nSPS) is 10.3. The summed E-state index contributed by atoms with van der Waals surface area (Å²) in [5.74, 6) is 0.138. The Morgan fingerprint density at radius 2 is 1.58 bits per heavy atom. The SMILES string of the molecule is Cc1cc(C)c(C(=O)CNc2ccccc2)c(C)c1. The Morgan fingerprint density at radius 3 is 2.16 bits per heavy atom. The van der Waals surface area contributed by atoms with Crippen molar-refractivity contribution in [3.05, 3.63) is 64.7 Å². The van der Waals surface area contributed by atoms with E-state index in [-0.39, 0.29) is 5.78 Å². The van der Waals surface area contributed by atoms with Crippen molar-refractivity contribution in [2.24, 2.45) is 0 Å². The number of hydrogen-bond donors (Lipinski definition) is 1. The molecule has 0 aliphatic rings. The van der Waals surface area contributed by atoms with Gasteiger partial charge >= 0.3 is 0 Å². The monoisotopic (exact) mass is 253 g/mol. The summed E-state index contributed by atoms with van der Waals surface area (Å²) in [7, 11) is 0. The number of ketones is 1. The van der Waals surface area contributed by atoms with Crippen LogP contribution in [0.4, 0.5) is 5.69 Å². The molecule has 2 heteroatoms. The zero-order valence-electron chi connectivity index (χ0n) is 11.7. The van der Waals surface area contributed by atoms with Crippen LogP contribution in [0.5, 0.6) is 0 Å². The summed E-state index contributed by atoms with van der Waals surface area (Å²) in [6, 6.07) is 13.9. The fraction of sp³-hybridized carbons (Fsp3) is 0.235. The van der Waals surface area contributed by atoms with Crippen LogP contribution >= 0.6 is 0 Å². The summed E-state index contributed by atoms with van der Waals surface area (Å²) in [6.07, 6.45) is 0. The second-order valence-corrected chi connectivity index (χ2v) is 4.92. The van der Waals surface area contributed by atoms with Crippen molar-refractivity contribution in [3.63, 3.8) is 0 Å². The minimum atomic E-state index is 0.138. The maximum absolute atomic E-state index is 12.3. The van der Waals surface area contributed by atoms with Crippen LogP contribution < -0.4 is 5.32 Å². The van der Waals surface area contributed by atoms with E-state index in [1.807, 2.05) is 44.2 Å². The summed E-state index contributed by atoms with van der Waals surface area (Å²) in [6.45, 7) is 6.37. The minimum absolute atomic E-state index is 0.138. The number of rotatable bonds is 4. The van der Waals surface area contributed by atoms with Gasteiger partial charge in [-0.2, -0.15) is 0 Å². The van der Waals surface area contributed by atoms with Gasteiger partial charge in [-0.25, -0.2) is 0 Å². The molecule has 0 bridgehead atoms. The first kappa shape index (κ1) is 13.3. The minimum Gasteiger partial charge on any atom is -0.378 e. The molecule has 0 unspecified atom stereocenters. The molecule has 19 heavy (non-hydrogen) atoms. The van der Waals surface area contributed by atoms with Gasteiger partial charge in [0.2, 0.25) is 0 Å². The Labute approximate surface area is 114 Å². The van der Waals surface area contributed by atoms with Gasteiger partial charge in [-0.3, -0.25) is 4.79 Å². The summed E-state index contributed by atoms with van der Waals surface area (Å²) in [5, 5.41) is 3.16. The van der Waals surface area contributed by atoms with Crippen LogP contribution in [0.2, 0.25) is 0 Å². The highest BCUT2D eigenvalue weighted by molar-refractivity contribution is 6.01. The van der Waals surface area contributed by atoms with E-state index in [4.69, 9.17) is 0 Å². The van der Waals surface area contributed by atoms with E-state index in [2.05, 4.69) is 24.4 Å². The fourth-order valence-electron chi connectivity index (χ4n) is 2.45. The average molecular weight is 253 g/mol. The maximum Gasteiger partial charge on any atom is 0.182 e. The van der Waals surface area contributed by atoms with Crippen molar-refractivity contribution < 1.29 is 4.79 Å². The zero-order chi connectivity index (χ0) is 13.8. The van der Waals surface area contributed by atoms with E-state index in [1.54, 1.807) is 0 Å². The Morgan fingerprint density at radius 1 is 1.00 bits per heavy atom. The van der Waals surface area contributed by atoms with E-state index in [0.29, 0.717) is 6.54 Å². The Balaban J connectivity index is 2.13. The smallest absolute Gasteiger partial charge is 0.182 e. The predicted molar refractivity (Wildman–Crippen MR) is 79.9 cm³/mol. The number of hydrogen-bond acceptors (Lipinski definition) is 2. The molecule has 0 aliphatic heterocycles. The van der Waals surface area contributed by atoms with E-state index in [9.17, 15) is 4.79 Å². The van der Waals surface area contributed by atoms with Crippen molar-refractivity contribution in [2.45, 2.75) is 20.8 Å². The average Bonchev–Trinajstić information content (AvgIpc) is 2.36. The van der Waals surface area contributed by atoms with Gasteiger partial charge in [0.05, 0.1) is 6.54 Å². The van der Waals surface area contributed by atoms with Crippen LogP contribution in [-0.4, -0.2) is 12.3 Å². The molecule has 0 amide bonds. The highest BCUT2D eigenvalue weighted by Crippen LogP contribution is 2.17. The van der Waals surface area contributed by atoms with E-state index >= 15 is 0 Å². The third-order valence-electron chi connectivity index (χ3n) is 3.18. The van der Waals surface area contributed by atoms with Crippen molar-refractivity contribution >= 4 is 11.5 Å². The van der Waals surface area contributed by atoms with Crippen LogP contribution in [0.3, 0.4) is 0 Å². The highest BCUT2D eigenvalue weighted by Gasteiger charge is 2.12. The molecule has 0 aliphatic carbocycles. The first-order valence-corrected chi connectivity index (χ1v) is 6.48. The molecule has 98 valence electrons. The van der Waals surface area contributed by atoms with E-state index < -0.39 is 0 Å². The molecule has 0 spiro atoms. The number of Topliss-reactive ketones (excluding diaryl/α,β-unsaturated/α-hetero) is 1. The molecule has 2 aromatic rings. The molecule has 0 radical (unpaired) electrons. The van der Waals surface area contributed by atoms with Crippen LogP contribution in [0.15, 0.2) is 42.5 Å². The predicted octanol–water partition coefficient (Wildman–Crippen LogP) is 3.91. The lowest BCUT2D eigenvalue weighted by Gasteiger charge is -2.11. The second kappa shape index (κ2) is 5.70. The van der Waals surface area contributed by atoms with Gasteiger partial charge in [-0.15, -0.1) is 0 Å². The van der Waals surface area contributed by atoms with Crippen LogP contribution in [0.25, 0.3) is 0 Å². The van der Waals surface area contributed by atoms with Crippen molar-refractivity contribution in [1.29, 1.82) is 0 Å². The number of nitrogens with one attached hydrogen (secondary N) is 1. The summed E-state index contributed by atoms with van der Waals surface area (Å²) < 4.78 is 0. The van der Waals surface area contributed by atoms with Crippen molar-refractivity contribution in [1.82, 2.24) is 0 Å². The number of carbonyl (C=O) groups excluding carboxylic acids is 1. The largest absolute Gasteiger partial charge is 0.378 e. The lowest BCUT2D eigenvalue weighted by Crippen LogP contribution is -2.16. The maximum atomic E-state index is 12.3. The molecule has 0 heterocycles. The topological polar surface area (TPSA) is 29.1 Å². The molecule has 0 aromatic heterocycles. The van der Waals surface area contributed by atoms with E-state index in [0.717, 1.165) is 22.4 Å². The molecule has 1 N–H and O–H groups in total. The first-order chi connectivity index (χ1) is 9.08. The van der Waals surface area contributed by atoms with Gasteiger partial charge in [0.1, 0.15) is 0 Å². The highest BCUT2D eigenvalue weighted by atomic mass is 16.1. The Kier molecular flexibility index (Phi) is 4.00. The molecular weight excluding hydrogens is 234 g/mol. The third kappa shape index (κ3) is 3.22. The third-order valence-corrected chi connectivity index (χ3v) is 3.18. The summed E-state index contributed by atoms with van der Waals surface area (Å²) in [4.78, 5) is 12.3. The Bertz CT molecular complexity index is 564. The quantitative estimate of drug-likeness (QED) is 0.837. The first-order valence-electron chi connectivity index (χ1n) is 6.48. The summed E-state index contributed by atoms with van der Waals surface area (Å²) in [5.41, 5.74) is 5.12. The number of carbonyl (C=O) groups is 1. The molecule has 0 saturated heterocycles. The molecule has 2 aromatic carbocycles. The van der Waals surface area contributed by atoms with Gasteiger partial charge in [-0.1, -0.05) is 35.9 Å². The van der Waals surface area contributed by atoms with Crippen molar-refractivity contribution in [2.75, 3.05) is 11.9 Å². The molecule has 2 nitrogen and oxygen atoms in total. The lowest BCUT2D eigenvalue weighted by atomic mass is 9.96. The molecule has 0 fully saturated rings. The number of para-hydroxylation sites is 1. The number of aryl methyl sites for hydroxylation is 3. The lowest BCUT2D eigenvalue weighted by molar-refractivity contribution is 0.100. The van der Waals surface area contributed by atoms with Gasteiger partial charge < -0.3 is 5.32 Å². The zero-order valence-corrected chi connectivity index (χ0v) is 11.7. The Hall–Kier alpha value is -2.09. The van der Waals surface area contributed by atoms with Gasteiger partial charge in [-0.05, 0) is 44.0 Å². The van der Waals surface area contributed by atoms with Crippen molar-refractivity contribution in [3.8, 4) is 0 Å². The van der Waals surface area contributed by atoms with Crippen LogP contribution in [0.1, 0.15) is 27.0 Å². The number of anilines is 1. The summed E-state index contributed by atoms with van der Waals surface area (Å²) >= 11 is 0. The number of benzene rings is 2. The van der Waals surface area contributed by atoms with E-state index in [1.165, 1.54) is 5.56 Å². The fourth-order valence-corrected chi connectivity index (χ4v) is 2.45. The van der Waals surface area contributed by atoms with Gasteiger partial charge in [0.15, 0.2) is 5.78 Å². The standard InChI is InChI=1S/C17H19NO/c1-12-9-13(2)17(14(3)10-12)16(19)11-18-15-7-5-4-6-8-15/h4-10,18H,11H2,1-3H3. The molecule has 0 saturated carbocycles.